The van der Waals surface area contributed by atoms with Crippen molar-refractivity contribution in [3.05, 3.63) is 33.1 Å². The second kappa shape index (κ2) is 5.99. The summed E-state index contributed by atoms with van der Waals surface area (Å²) in [5.74, 6) is 0.388. The summed E-state index contributed by atoms with van der Waals surface area (Å²) in [6.45, 7) is 3.54. The summed E-state index contributed by atoms with van der Waals surface area (Å²) in [5.41, 5.74) is 0.609. The number of rotatable bonds is 4. The highest BCUT2D eigenvalue weighted by molar-refractivity contribution is 14.1. The monoisotopic (exact) mass is 361 g/mol. The Hall–Kier alpha value is -0.650. The third-order valence-electron chi connectivity index (χ3n) is 3.53. The molecule has 0 heterocycles. The molecule has 1 saturated carbocycles. The number of benzene rings is 1. The summed E-state index contributed by atoms with van der Waals surface area (Å²) in [6, 6.07) is 4.35. The predicted octanol–water partition coefficient (Wildman–Crippen LogP) is 3.69. The van der Waals surface area contributed by atoms with Crippen molar-refractivity contribution in [2.45, 2.75) is 26.2 Å². The Kier molecular flexibility index (Phi) is 4.59. The van der Waals surface area contributed by atoms with Gasteiger partial charge in [0.15, 0.2) is 0 Å². The third-order valence-corrected chi connectivity index (χ3v) is 4.43. The molecule has 0 unspecified atom stereocenters. The highest BCUT2D eigenvalue weighted by atomic mass is 127. The van der Waals surface area contributed by atoms with Crippen LogP contribution in [0.15, 0.2) is 18.2 Å². The maximum Gasteiger partial charge on any atom is 0.254 e. The van der Waals surface area contributed by atoms with Crippen molar-refractivity contribution in [2.75, 3.05) is 13.1 Å². The van der Waals surface area contributed by atoms with Crippen LogP contribution in [0, 0.1) is 15.3 Å². The van der Waals surface area contributed by atoms with Crippen LogP contribution >= 0.6 is 22.6 Å². The first-order valence-electron chi connectivity index (χ1n) is 6.36. The Labute approximate surface area is 121 Å². The number of amides is 1. The molecule has 0 bridgehead atoms. The number of carbonyl (C=O) groups is 1. The van der Waals surface area contributed by atoms with Crippen molar-refractivity contribution < 1.29 is 9.18 Å². The molecule has 0 spiro atoms. The minimum absolute atomic E-state index is 0.0220. The molecule has 4 heteroatoms. The lowest BCUT2D eigenvalue weighted by molar-refractivity contribution is 0.0705. The van der Waals surface area contributed by atoms with E-state index in [2.05, 4.69) is 0 Å². The molecule has 0 radical (unpaired) electrons. The number of hydrogen-bond acceptors (Lipinski definition) is 1. The number of hydrogen-bond donors (Lipinski definition) is 0. The van der Waals surface area contributed by atoms with Gasteiger partial charge in [-0.3, -0.25) is 4.79 Å². The second-order valence-electron chi connectivity index (χ2n) is 4.76. The molecule has 1 aliphatic carbocycles. The zero-order chi connectivity index (χ0) is 13.1. The van der Waals surface area contributed by atoms with Crippen LogP contribution in [0.1, 0.15) is 36.5 Å². The molecule has 0 atom stereocenters. The molecular weight excluding hydrogens is 344 g/mol. The van der Waals surface area contributed by atoms with E-state index in [1.165, 1.54) is 31.4 Å². The Morgan fingerprint density at radius 2 is 2.22 bits per heavy atom. The lowest BCUT2D eigenvalue weighted by Gasteiger charge is -2.32. The third kappa shape index (κ3) is 3.02. The number of nitrogens with zero attached hydrogens (tertiary/aromatic N) is 1. The maximum atomic E-state index is 13.0. The Morgan fingerprint density at radius 1 is 1.50 bits per heavy atom. The predicted molar refractivity (Wildman–Crippen MR) is 78.0 cm³/mol. The first kappa shape index (κ1) is 13.8. The molecule has 1 aromatic rings. The second-order valence-corrected chi connectivity index (χ2v) is 5.93. The Morgan fingerprint density at radius 3 is 2.72 bits per heavy atom. The van der Waals surface area contributed by atoms with Crippen LogP contribution in [0.25, 0.3) is 0 Å². The first-order valence-corrected chi connectivity index (χ1v) is 7.44. The fourth-order valence-electron chi connectivity index (χ4n) is 2.18. The summed E-state index contributed by atoms with van der Waals surface area (Å²) in [5, 5.41) is 0. The maximum absolute atomic E-state index is 13.0. The summed E-state index contributed by atoms with van der Waals surface area (Å²) in [7, 11) is 0. The summed E-state index contributed by atoms with van der Waals surface area (Å²) < 4.78 is 13.7. The van der Waals surface area contributed by atoms with Crippen molar-refractivity contribution >= 4 is 28.5 Å². The van der Waals surface area contributed by atoms with E-state index in [-0.39, 0.29) is 11.7 Å². The smallest absolute Gasteiger partial charge is 0.254 e. The topological polar surface area (TPSA) is 20.3 Å². The van der Waals surface area contributed by atoms with Crippen molar-refractivity contribution in [1.29, 1.82) is 0 Å². The lowest BCUT2D eigenvalue weighted by atomic mass is 9.85. The van der Waals surface area contributed by atoms with Gasteiger partial charge >= 0.3 is 0 Å². The van der Waals surface area contributed by atoms with E-state index in [1.54, 1.807) is 6.07 Å². The zero-order valence-electron chi connectivity index (χ0n) is 10.5. The van der Waals surface area contributed by atoms with Crippen molar-refractivity contribution in [2.24, 2.45) is 5.92 Å². The van der Waals surface area contributed by atoms with Crippen LogP contribution in [0.3, 0.4) is 0 Å². The van der Waals surface area contributed by atoms with Gasteiger partial charge < -0.3 is 4.90 Å². The average Bonchev–Trinajstić information content (AvgIpc) is 2.27. The normalized spacial score (nSPS) is 15.3. The van der Waals surface area contributed by atoms with E-state index in [4.69, 9.17) is 0 Å². The van der Waals surface area contributed by atoms with Gasteiger partial charge in [0, 0.05) is 16.7 Å². The van der Waals surface area contributed by atoms with Gasteiger partial charge in [0.05, 0.1) is 5.56 Å². The lowest BCUT2D eigenvalue weighted by Crippen LogP contribution is -2.37. The molecule has 0 saturated heterocycles. The van der Waals surface area contributed by atoms with Gasteiger partial charge in [-0.1, -0.05) is 6.42 Å². The summed E-state index contributed by atoms with van der Waals surface area (Å²) >= 11 is 2.02. The number of halogens is 2. The molecule has 0 aromatic heterocycles. The van der Waals surface area contributed by atoms with Gasteiger partial charge in [0.1, 0.15) is 5.82 Å². The van der Waals surface area contributed by atoms with Crippen LogP contribution < -0.4 is 0 Å². The van der Waals surface area contributed by atoms with E-state index in [9.17, 15) is 9.18 Å². The van der Waals surface area contributed by atoms with E-state index in [0.717, 1.165) is 6.54 Å². The summed E-state index contributed by atoms with van der Waals surface area (Å²) in [4.78, 5) is 14.3. The Balaban J connectivity index is 2.11. The molecular formula is C14H17FINO. The minimum atomic E-state index is -0.294. The molecule has 0 N–H and O–H groups in total. The van der Waals surface area contributed by atoms with Crippen LogP contribution in [-0.2, 0) is 0 Å². The fourth-order valence-corrected chi connectivity index (χ4v) is 2.88. The van der Waals surface area contributed by atoms with Crippen LogP contribution in [0.4, 0.5) is 4.39 Å². The first-order chi connectivity index (χ1) is 8.61. The largest absolute Gasteiger partial charge is 0.339 e. The average molecular weight is 361 g/mol. The molecule has 1 fully saturated rings. The van der Waals surface area contributed by atoms with Crippen molar-refractivity contribution in [3.63, 3.8) is 0 Å². The molecule has 1 aliphatic rings. The van der Waals surface area contributed by atoms with Gasteiger partial charge in [0.2, 0.25) is 0 Å². The highest BCUT2D eigenvalue weighted by Gasteiger charge is 2.24. The van der Waals surface area contributed by atoms with Crippen LogP contribution in [0.2, 0.25) is 0 Å². The van der Waals surface area contributed by atoms with Gasteiger partial charge in [-0.05, 0) is 66.5 Å². The van der Waals surface area contributed by atoms with E-state index in [1.807, 2.05) is 34.4 Å². The molecule has 1 aromatic carbocycles. The SMILES string of the molecule is CCN(CC1CCC1)C(=O)c1ccc(F)cc1I. The van der Waals surface area contributed by atoms with E-state index in [0.29, 0.717) is 21.6 Å². The molecule has 1 amide bonds. The molecule has 0 aliphatic heterocycles. The molecule has 18 heavy (non-hydrogen) atoms. The quantitative estimate of drug-likeness (QED) is 0.749. The van der Waals surface area contributed by atoms with Gasteiger partial charge in [-0.15, -0.1) is 0 Å². The van der Waals surface area contributed by atoms with Crippen LogP contribution in [0.5, 0.6) is 0 Å². The van der Waals surface area contributed by atoms with Gasteiger partial charge in [-0.2, -0.15) is 0 Å². The molecule has 2 rings (SSSR count). The molecule has 2 nitrogen and oxygen atoms in total. The van der Waals surface area contributed by atoms with Crippen molar-refractivity contribution in [3.8, 4) is 0 Å². The van der Waals surface area contributed by atoms with E-state index >= 15 is 0 Å². The molecule has 98 valence electrons. The minimum Gasteiger partial charge on any atom is -0.339 e. The van der Waals surface area contributed by atoms with Crippen molar-refractivity contribution in [1.82, 2.24) is 4.90 Å². The van der Waals surface area contributed by atoms with Crippen LogP contribution in [-0.4, -0.2) is 23.9 Å². The Bertz CT molecular complexity index is 445. The fraction of sp³-hybridized carbons (Fsp3) is 0.500. The standard InChI is InChI=1S/C14H17FINO/c1-2-17(9-10-4-3-5-10)14(18)12-7-6-11(15)8-13(12)16/h6-8,10H,2-5,9H2,1H3. The van der Waals surface area contributed by atoms with Gasteiger partial charge in [0.25, 0.3) is 5.91 Å². The van der Waals surface area contributed by atoms with E-state index < -0.39 is 0 Å². The zero-order valence-corrected chi connectivity index (χ0v) is 12.6. The van der Waals surface area contributed by atoms with Gasteiger partial charge in [-0.25, -0.2) is 4.39 Å². The number of carbonyl (C=O) groups excluding carboxylic acids is 1. The summed E-state index contributed by atoms with van der Waals surface area (Å²) in [6.07, 6.45) is 3.74. The highest BCUT2D eigenvalue weighted by Crippen LogP contribution is 2.27.